The van der Waals surface area contributed by atoms with Gasteiger partial charge in [-0.1, -0.05) is 40.7 Å². The van der Waals surface area contributed by atoms with Crippen LogP contribution in [0, 0.1) is 34.5 Å². The van der Waals surface area contributed by atoms with Crippen LogP contribution in [0.1, 0.15) is 77.3 Å². The highest BCUT2D eigenvalue weighted by Crippen LogP contribution is 2.57. The van der Waals surface area contributed by atoms with Crippen LogP contribution in [0.25, 0.3) is 33.4 Å². The van der Waals surface area contributed by atoms with Crippen molar-refractivity contribution in [2.45, 2.75) is 92.5 Å². The summed E-state index contributed by atoms with van der Waals surface area (Å²) in [4.78, 5) is 57.4. The number of anilines is 1. The summed E-state index contributed by atoms with van der Waals surface area (Å²) in [5.74, 6) is -0.274. The topological polar surface area (TPSA) is 134 Å². The van der Waals surface area contributed by atoms with Gasteiger partial charge in [-0.2, -0.15) is 0 Å². The number of likely N-dealkylation sites (N-methyl/N-ethyl adjacent to an activating group) is 1. The summed E-state index contributed by atoms with van der Waals surface area (Å²) < 4.78 is 14.7. The van der Waals surface area contributed by atoms with Crippen LogP contribution in [-0.2, 0) is 43.2 Å². The zero-order chi connectivity index (χ0) is 43.1. The molecule has 9 rings (SSSR count). The molecule has 0 radical (unpaired) electrons. The lowest BCUT2D eigenvalue weighted by molar-refractivity contribution is -0.157. The van der Waals surface area contributed by atoms with Gasteiger partial charge in [0, 0.05) is 91.5 Å². The van der Waals surface area contributed by atoms with E-state index in [1.165, 1.54) is 11.3 Å². The molecule has 2 saturated heterocycles. The zero-order valence-corrected chi connectivity index (χ0v) is 38.0. The van der Waals surface area contributed by atoms with Crippen LogP contribution in [0.15, 0.2) is 35.8 Å². The molecule has 2 amide bonds. The first-order valence-corrected chi connectivity index (χ1v) is 23.1. The molecule has 3 aliphatic heterocycles. The number of carbonyl (C=O) groups is 3. The van der Waals surface area contributed by atoms with E-state index in [2.05, 4.69) is 110 Å². The van der Waals surface area contributed by atoms with E-state index in [9.17, 15) is 14.4 Å². The fraction of sp³-hybridized carbons (Fsp3) is 0.596. The van der Waals surface area contributed by atoms with E-state index in [-0.39, 0.29) is 66.0 Å². The van der Waals surface area contributed by atoms with Gasteiger partial charge in [0.2, 0.25) is 5.91 Å². The fourth-order valence-electron chi connectivity index (χ4n) is 10.3. The number of hydrogen-bond donors (Lipinski definition) is 2. The van der Waals surface area contributed by atoms with E-state index in [1.807, 2.05) is 6.20 Å². The summed E-state index contributed by atoms with van der Waals surface area (Å²) in [5.41, 5.74) is 10.8. The number of hydrogen-bond acceptors (Lipinski definition) is 11. The summed E-state index contributed by atoms with van der Waals surface area (Å²) >= 11 is 1.50. The molecule has 2 saturated carbocycles. The Morgan fingerprint density at radius 2 is 1.87 bits per heavy atom. The minimum absolute atomic E-state index is 0.0503. The molecule has 61 heavy (non-hydrogen) atoms. The number of rotatable bonds is 7. The zero-order valence-electron chi connectivity index (χ0n) is 37.2. The molecule has 5 aliphatic rings. The number of aromatic nitrogens is 3. The largest absolute Gasteiger partial charge is 0.464 e. The number of thiazole rings is 1. The maximum Gasteiger partial charge on any atom is 0.325 e. The molecule has 2 aliphatic carbocycles. The SMILES string of the molecule is CCn1c(-c2cc(N3CCN(C)CC3)cnc2[C@H](C)OC)c2c3cc(ccc31)-c1csc(n1)C[C@H](NC(=O)C1[C@@H](C)[C@H]1C)C(=O)N1C[C@@]3(C)C[C@H]3[C@H](N1)C(=O)OCC(C)(C)C2. The Morgan fingerprint density at radius 3 is 2.57 bits per heavy atom. The molecule has 1 unspecified atom stereocenters. The Labute approximate surface area is 363 Å². The van der Waals surface area contributed by atoms with Crippen molar-refractivity contribution >= 4 is 45.7 Å². The van der Waals surface area contributed by atoms with Crippen LogP contribution >= 0.6 is 11.3 Å². The van der Waals surface area contributed by atoms with Gasteiger partial charge in [0.15, 0.2) is 0 Å². The first kappa shape index (κ1) is 42.0. The molecule has 6 heterocycles. The van der Waals surface area contributed by atoms with E-state index in [1.54, 1.807) is 12.1 Å². The van der Waals surface area contributed by atoms with Gasteiger partial charge in [0.05, 0.1) is 46.7 Å². The Bertz CT molecular complexity index is 2360. The Hall–Kier alpha value is -4.37. The second-order valence-electron chi connectivity index (χ2n) is 19.7. The standard InChI is InChI=1S/C47H62N8O5S/c1-10-54-37-12-11-29-17-31(37)33(42(54)32-18-30(22-48-40(32)28(4)59-9)53-15-13-52(8)14-16-53)20-46(5,6)25-60-45(58)41-34-21-47(34,7)24-55(51-41)44(57)35(19-38-49-36(29)23-61-38)50-43(56)39-26(2)27(39)3/h11-12,17-18,22-23,26-28,34-35,39,41,51H,10,13-16,19-21,24-25H2,1-9H3,(H,50,56)/t26-,27+,28-,34-,35-,39?,41-,47+/m0/s1. The predicted octanol–water partition coefficient (Wildman–Crippen LogP) is 6.10. The van der Waals surface area contributed by atoms with Gasteiger partial charge in [-0.15, -0.1) is 11.3 Å². The number of methoxy groups -OCH3 is 1. The molecule has 1 aromatic carbocycles. The average molecular weight is 851 g/mol. The molecular formula is C47H62N8O5S. The number of pyridine rings is 1. The third-order valence-corrected chi connectivity index (χ3v) is 15.5. The summed E-state index contributed by atoms with van der Waals surface area (Å²) in [6.45, 7) is 20.0. The van der Waals surface area contributed by atoms with Gasteiger partial charge >= 0.3 is 5.97 Å². The Kier molecular flexibility index (Phi) is 10.8. The molecule has 3 aromatic heterocycles. The van der Waals surface area contributed by atoms with E-state index in [0.717, 1.165) is 94.5 Å². The van der Waals surface area contributed by atoms with Gasteiger partial charge in [0.25, 0.3) is 5.91 Å². The molecule has 326 valence electrons. The number of amides is 2. The second-order valence-corrected chi connectivity index (χ2v) is 20.6. The second kappa shape index (κ2) is 15.8. The highest BCUT2D eigenvalue weighted by atomic mass is 32.1. The van der Waals surface area contributed by atoms with Crippen LogP contribution < -0.4 is 15.6 Å². The normalized spacial score (nSPS) is 29.5. The summed E-state index contributed by atoms with van der Waals surface area (Å²) in [6, 6.07) is 7.36. The number of carbonyl (C=O) groups excluding carboxylic acids is 3. The van der Waals surface area contributed by atoms with Crippen molar-refractivity contribution < 1.29 is 23.9 Å². The number of fused-ring (bicyclic) bond motifs is 8. The Morgan fingerprint density at radius 1 is 1.11 bits per heavy atom. The fourth-order valence-corrected chi connectivity index (χ4v) is 11.1. The van der Waals surface area contributed by atoms with Crippen molar-refractivity contribution in [1.29, 1.82) is 0 Å². The number of benzene rings is 1. The monoisotopic (exact) mass is 850 g/mol. The summed E-state index contributed by atoms with van der Waals surface area (Å²) in [6.07, 6.45) is 3.41. The van der Waals surface area contributed by atoms with Crippen LogP contribution in [0.2, 0.25) is 0 Å². The third-order valence-electron chi connectivity index (χ3n) is 14.6. The van der Waals surface area contributed by atoms with Crippen molar-refractivity contribution in [2.24, 2.45) is 34.5 Å². The van der Waals surface area contributed by atoms with Crippen LogP contribution in [0.4, 0.5) is 5.69 Å². The summed E-state index contributed by atoms with van der Waals surface area (Å²) in [7, 11) is 3.90. The minimum Gasteiger partial charge on any atom is -0.464 e. The lowest BCUT2D eigenvalue weighted by Crippen LogP contribution is -2.62. The highest BCUT2D eigenvalue weighted by molar-refractivity contribution is 7.10. The van der Waals surface area contributed by atoms with Crippen molar-refractivity contribution in [2.75, 3.05) is 58.4 Å². The maximum atomic E-state index is 14.5. The number of esters is 1. The van der Waals surface area contributed by atoms with Crippen molar-refractivity contribution in [3.8, 4) is 22.5 Å². The number of piperazine rings is 1. The van der Waals surface area contributed by atoms with Gasteiger partial charge in [-0.05, 0) is 80.7 Å². The molecule has 2 N–H and O–H groups in total. The lowest BCUT2D eigenvalue weighted by atomic mass is 9.84. The number of ether oxygens (including phenoxy) is 2. The molecule has 4 fully saturated rings. The molecule has 6 bridgehead atoms. The number of nitrogens with one attached hydrogen (secondary N) is 2. The van der Waals surface area contributed by atoms with E-state index in [4.69, 9.17) is 19.4 Å². The summed E-state index contributed by atoms with van der Waals surface area (Å²) in [5, 5.41) is 8.63. The number of hydrazine groups is 1. The third kappa shape index (κ3) is 7.76. The molecule has 4 aromatic rings. The average Bonchev–Trinajstić information content (AvgIpc) is 3.94. The van der Waals surface area contributed by atoms with Crippen LogP contribution in [0.5, 0.6) is 0 Å². The number of aryl methyl sites for hydroxylation is 1. The lowest BCUT2D eigenvalue weighted by Gasteiger charge is -2.38. The molecule has 13 nitrogen and oxygen atoms in total. The quantitative estimate of drug-likeness (QED) is 0.210. The first-order valence-electron chi connectivity index (χ1n) is 22.2. The van der Waals surface area contributed by atoms with Crippen molar-refractivity contribution in [1.82, 2.24) is 35.2 Å². The highest BCUT2D eigenvalue weighted by Gasteiger charge is 2.61. The number of cyclic esters (lactones) is 1. The van der Waals surface area contributed by atoms with Crippen molar-refractivity contribution in [3.63, 3.8) is 0 Å². The maximum absolute atomic E-state index is 14.5. The molecular weight excluding hydrogens is 789 g/mol. The number of nitrogens with zero attached hydrogens (tertiary/aromatic N) is 6. The minimum atomic E-state index is -0.846. The molecule has 8 atom stereocenters. The predicted molar refractivity (Wildman–Crippen MR) is 238 cm³/mol. The van der Waals surface area contributed by atoms with Crippen LogP contribution in [-0.4, -0.2) is 108 Å². The smallest absolute Gasteiger partial charge is 0.325 e. The Balaban J connectivity index is 1.17. The van der Waals surface area contributed by atoms with Crippen molar-refractivity contribution in [3.05, 3.63) is 52.1 Å². The van der Waals surface area contributed by atoms with Gasteiger partial charge in [-0.3, -0.25) is 24.4 Å². The van der Waals surface area contributed by atoms with E-state index in [0.29, 0.717) is 13.0 Å². The van der Waals surface area contributed by atoms with Crippen LogP contribution in [0.3, 0.4) is 0 Å². The van der Waals surface area contributed by atoms with Gasteiger partial charge in [0.1, 0.15) is 12.1 Å². The molecule has 0 spiro atoms. The van der Waals surface area contributed by atoms with E-state index < -0.39 is 17.5 Å². The molecule has 14 heteroatoms. The van der Waals surface area contributed by atoms with E-state index >= 15 is 0 Å². The van der Waals surface area contributed by atoms with Gasteiger partial charge < -0.3 is 29.2 Å². The first-order chi connectivity index (χ1) is 29.1. The van der Waals surface area contributed by atoms with Gasteiger partial charge in [-0.25, -0.2) is 10.4 Å².